The lowest BCUT2D eigenvalue weighted by Gasteiger charge is -2.29. The maximum atomic E-state index is 13.1. The van der Waals surface area contributed by atoms with Crippen LogP contribution in [-0.4, -0.2) is 15.6 Å². The van der Waals surface area contributed by atoms with E-state index in [4.69, 9.17) is 0 Å². The quantitative estimate of drug-likeness (QED) is 0.320. The van der Waals surface area contributed by atoms with Gasteiger partial charge in [-0.05, 0) is 50.8 Å². The second kappa shape index (κ2) is 8.55. The van der Waals surface area contributed by atoms with Gasteiger partial charge in [-0.1, -0.05) is 90.1 Å². The Hall–Kier alpha value is -3.53. The molecule has 1 amide bonds. The van der Waals surface area contributed by atoms with Crippen LogP contribution in [0.25, 0.3) is 10.9 Å². The summed E-state index contributed by atoms with van der Waals surface area (Å²) >= 11 is 0. The Kier molecular flexibility index (Phi) is 5.74. The maximum Gasteiger partial charge on any atom is 0.225 e. The summed E-state index contributed by atoms with van der Waals surface area (Å²) in [5.41, 5.74) is 6.81. The second-order valence-electron chi connectivity index (χ2n) is 12.2. The molecule has 1 atom stereocenters. The first kappa shape index (κ1) is 24.2. The molecular weight excluding hydrogens is 444 g/mol. The number of carbonyl (C=O) groups is 1. The van der Waals surface area contributed by atoms with Gasteiger partial charge in [0.25, 0.3) is 0 Å². The summed E-state index contributed by atoms with van der Waals surface area (Å²) in [4.78, 5) is 13.1. The molecule has 186 valence electrons. The number of rotatable bonds is 3. The first-order valence-corrected chi connectivity index (χ1v) is 12.8. The predicted molar refractivity (Wildman–Crippen MR) is 148 cm³/mol. The monoisotopic (exact) mass is 480 g/mol. The lowest BCUT2D eigenvalue weighted by atomic mass is 9.76. The summed E-state index contributed by atoms with van der Waals surface area (Å²) in [5, 5.41) is 15.6. The number of anilines is 1. The number of carbonyl (C=O) groups excluding carboxylic acids is 1. The highest BCUT2D eigenvalue weighted by atomic mass is 16.3. The van der Waals surface area contributed by atoms with Crippen LogP contribution in [0.5, 0.6) is 5.75 Å². The van der Waals surface area contributed by atoms with E-state index in [2.05, 4.69) is 100 Å². The topological polar surface area (TPSA) is 54.3 Å². The van der Waals surface area contributed by atoms with Crippen molar-refractivity contribution in [3.63, 3.8) is 0 Å². The van der Waals surface area contributed by atoms with Crippen LogP contribution in [-0.2, 0) is 22.2 Å². The number of phenolic OH excluding ortho intramolecular Hbond substituents is 1. The van der Waals surface area contributed by atoms with E-state index in [-0.39, 0.29) is 22.7 Å². The van der Waals surface area contributed by atoms with Crippen molar-refractivity contribution < 1.29 is 9.90 Å². The zero-order valence-electron chi connectivity index (χ0n) is 22.1. The van der Waals surface area contributed by atoms with Crippen LogP contribution >= 0.6 is 0 Å². The lowest BCUT2D eigenvalue weighted by Crippen LogP contribution is -2.19. The van der Waals surface area contributed by atoms with Crippen molar-refractivity contribution in [3.05, 3.63) is 94.7 Å². The van der Waals surface area contributed by atoms with Gasteiger partial charge < -0.3 is 15.0 Å². The van der Waals surface area contributed by atoms with E-state index < -0.39 is 0 Å². The second-order valence-corrected chi connectivity index (χ2v) is 12.2. The number of hydrogen-bond acceptors (Lipinski definition) is 2. The van der Waals surface area contributed by atoms with Crippen LogP contribution in [0.4, 0.5) is 5.69 Å². The van der Waals surface area contributed by atoms with Gasteiger partial charge in [-0.15, -0.1) is 0 Å². The van der Waals surface area contributed by atoms with Crippen LogP contribution in [0.3, 0.4) is 0 Å². The summed E-state index contributed by atoms with van der Waals surface area (Å²) in [6, 6.07) is 20.9. The number of aromatic hydroxyl groups is 1. The van der Waals surface area contributed by atoms with E-state index in [0.717, 1.165) is 45.4 Å². The Balaban J connectivity index is 1.75. The highest BCUT2D eigenvalue weighted by molar-refractivity contribution is 6.06. The molecule has 5 rings (SSSR count). The molecule has 0 saturated carbocycles. The minimum absolute atomic E-state index is 0.0148. The third-order valence-corrected chi connectivity index (χ3v) is 7.32. The van der Waals surface area contributed by atoms with Crippen molar-refractivity contribution in [1.82, 2.24) is 4.57 Å². The van der Waals surface area contributed by atoms with E-state index in [1.54, 1.807) is 0 Å². The number of amides is 1. The molecule has 0 unspecified atom stereocenters. The summed E-state index contributed by atoms with van der Waals surface area (Å²) in [7, 11) is 0. The molecule has 0 saturated heterocycles. The molecule has 0 spiro atoms. The molecule has 1 aliphatic heterocycles. The number of nitrogens with one attached hydrogen (secondary N) is 1. The molecule has 2 heterocycles. The van der Waals surface area contributed by atoms with Gasteiger partial charge in [-0.2, -0.15) is 0 Å². The summed E-state index contributed by atoms with van der Waals surface area (Å²) in [6.07, 6.45) is 2.59. The van der Waals surface area contributed by atoms with Crippen LogP contribution in [0, 0.1) is 0 Å². The third kappa shape index (κ3) is 4.30. The summed E-state index contributed by atoms with van der Waals surface area (Å²) in [6.45, 7) is 13.5. The van der Waals surface area contributed by atoms with Gasteiger partial charge in [0.05, 0.1) is 11.2 Å². The van der Waals surface area contributed by atoms with Crippen molar-refractivity contribution in [1.29, 1.82) is 0 Å². The largest absolute Gasteiger partial charge is 0.507 e. The number of phenols is 1. The van der Waals surface area contributed by atoms with E-state index in [9.17, 15) is 9.90 Å². The fourth-order valence-corrected chi connectivity index (χ4v) is 5.46. The molecule has 4 heteroatoms. The normalized spacial score (nSPS) is 16.2. The van der Waals surface area contributed by atoms with Gasteiger partial charge in [-0.25, -0.2) is 0 Å². The van der Waals surface area contributed by atoms with Crippen LogP contribution in [0.15, 0.2) is 66.9 Å². The molecule has 0 radical (unpaired) electrons. The zero-order valence-corrected chi connectivity index (χ0v) is 22.1. The Labute approximate surface area is 214 Å². The Morgan fingerprint density at radius 1 is 0.917 bits per heavy atom. The highest BCUT2D eigenvalue weighted by Crippen LogP contribution is 2.46. The lowest BCUT2D eigenvalue weighted by molar-refractivity contribution is -0.116. The third-order valence-electron chi connectivity index (χ3n) is 7.32. The smallest absolute Gasteiger partial charge is 0.225 e. The van der Waals surface area contributed by atoms with Gasteiger partial charge in [0.2, 0.25) is 5.91 Å². The molecule has 0 aliphatic carbocycles. The van der Waals surface area contributed by atoms with Crippen molar-refractivity contribution >= 4 is 22.5 Å². The molecule has 0 bridgehead atoms. The molecule has 0 fully saturated rings. The van der Waals surface area contributed by atoms with Gasteiger partial charge in [0, 0.05) is 30.5 Å². The Morgan fingerprint density at radius 3 is 2.17 bits per heavy atom. The standard InChI is InChI=1S/C32H36N2O2/c1-31(2,3)24-15-21(16-25(30(24)36)32(4,5)6)22-17-28(35)33-26-13-10-14-27-29(26)23(22)19-34(27)18-20-11-8-7-9-12-20/h7-16,19,22,36H,17-18H2,1-6H3,(H,33,35)/t22-/m0/s1. The number of nitrogens with zero attached hydrogens (tertiary/aromatic N) is 1. The van der Waals surface area contributed by atoms with E-state index in [0.29, 0.717) is 12.2 Å². The van der Waals surface area contributed by atoms with Crippen molar-refractivity contribution in [2.24, 2.45) is 0 Å². The van der Waals surface area contributed by atoms with E-state index in [1.807, 2.05) is 18.2 Å². The van der Waals surface area contributed by atoms with Crippen LogP contribution in [0.1, 0.15) is 81.7 Å². The Bertz CT molecular complexity index is 1410. The first-order chi connectivity index (χ1) is 16.9. The number of hydrogen-bond donors (Lipinski definition) is 2. The van der Waals surface area contributed by atoms with E-state index >= 15 is 0 Å². The molecule has 36 heavy (non-hydrogen) atoms. The summed E-state index contributed by atoms with van der Waals surface area (Å²) in [5.74, 6) is 0.265. The fourth-order valence-electron chi connectivity index (χ4n) is 5.46. The van der Waals surface area contributed by atoms with Gasteiger partial charge >= 0.3 is 0 Å². The number of benzene rings is 3. The highest BCUT2D eigenvalue weighted by Gasteiger charge is 2.32. The van der Waals surface area contributed by atoms with Gasteiger partial charge in [-0.3, -0.25) is 4.79 Å². The predicted octanol–water partition coefficient (Wildman–Crippen LogP) is 7.46. The molecule has 1 aromatic heterocycles. The Morgan fingerprint density at radius 2 is 1.56 bits per heavy atom. The minimum atomic E-state index is -0.237. The van der Waals surface area contributed by atoms with E-state index in [1.165, 1.54) is 5.56 Å². The molecule has 2 N–H and O–H groups in total. The number of aromatic nitrogens is 1. The molecule has 3 aromatic carbocycles. The fraction of sp³-hybridized carbons (Fsp3) is 0.344. The zero-order chi connectivity index (χ0) is 25.8. The van der Waals surface area contributed by atoms with Crippen LogP contribution < -0.4 is 5.32 Å². The minimum Gasteiger partial charge on any atom is -0.507 e. The summed E-state index contributed by atoms with van der Waals surface area (Å²) < 4.78 is 2.30. The van der Waals surface area contributed by atoms with Crippen molar-refractivity contribution in [2.45, 2.75) is 71.3 Å². The van der Waals surface area contributed by atoms with Crippen molar-refractivity contribution in [3.8, 4) is 5.75 Å². The van der Waals surface area contributed by atoms with Crippen molar-refractivity contribution in [2.75, 3.05) is 5.32 Å². The maximum absolute atomic E-state index is 13.1. The molecule has 4 aromatic rings. The van der Waals surface area contributed by atoms with Gasteiger partial charge in [0.1, 0.15) is 5.75 Å². The molecular formula is C32H36N2O2. The average molecular weight is 481 g/mol. The average Bonchev–Trinajstić information content (AvgIpc) is 3.08. The SMILES string of the molecule is CC(C)(C)c1cc([C@@H]2CC(=O)Nc3cccc4c3c2cn4Cc2ccccc2)cc(C(C)(C)C)c1O. The molecule has 4 nitrogen and oxygen atoms in total. The van der Waals surface area contributed by atoms with Crippen LogP contribution in [0.2, 0.25) is 0 Å². The van der Waals surface area contributed by atoms with Gasteiger partial charge in [0.15, 0.2) is 0 Å². The molecule has 1 aliphatic rings. The first-order valence-electron chi connectivity index (χ1n) is 12.8.